The number of hydrogen-bond acceptors (Lipinski definition) is 1. The Morgan fingerprint density at radius 3 is 2.69 bits per heavy atom. The van der Waals surface area contributed by atoms with Crippen LogP contribution >= 0.6 is 45.8 Å². The van der Waals surface area contributed by atoms with Gasteiger partial charge < -0.3 is 5.32 Å². The Balaban J connectivity index is 2.99. The van der Waals surface area contributed by atoms with E-state index < -0.39 is 0 Å². The Kier molecular flexibility index (Phi) is 5.34. The Morgan fingerprint density at radius 1 is 1.50 bits per heavy atom. The summed E-state index contributed by atoms with van der Waals surface area (Å²) in [7, 11) is 0. The SMILES string of the molecule is CC[C@H](C)NC(=O)c1cc(Cl)cc(Cl)c1I. The normalized spacial score (nSPS) is 12.3. The molecule has 1 aromatic carbocycles. The zero-order valence-electron chi connectivity index (χ0n) is 8.98. The summed E-state index contributed by atoms with van der Waals surface area (Å²) >= 11 is 13.9. The minimum atomic E-state index is -0.136. The second-order valence-electron chi connectivity index (χ2n) is 3.53. The van der Waals surface area contributed by atoms with Crippen molar-refractivity contribution < 1.29 is 4.79 Å². The summed E-state index contributed by atoms with van der Waals surface area (Å²) in [6, 6.07) is 3.40. The van der Waals surface area contributed by atoms with Crippen molar-refractivity contribution in [2.45, 2.75) is 26.3 Å². The van der Waals surface area contributed by atoms with E-state index in [1.54, 1.807) is 12.1 Å². The van der Waals surface area contributed by atoms with Gasteiger partial charge in [-0.15, -0.1) is 0 Å². The van der Waals surface area contributed by atoms with Crippen molar-refractivity contribution in [3.05, 3.63) is 31.3 Å². The van der Waals surface area contributed by atoms with E-state index in [0.29, 0.717) is 15.6 Å². The number of carbonyl (C=O) groups excluding carboxylic acids is 1. The van der Waals surface area contributed by atoms with Gasteiger partial charge in [0.05, 0.1) is 10.6 Å². The summed E-state index contributed by atoms with van der Waals surface area (Å²) in [6.45, 7) is 3.97. The molecule has 0 heterocycles. The number of benzene rings is 1. The summed E-state index contributed by atoms with van der Waals surface area (Å²) in [6.07, 6.45) is 0.886. The maximum Gasteiger partial charge on any atom is 0.252 e. The summed E-state index contributed by atoms with van der Waals surface area (Å²) in [5.41, 5.74) is 0.526. The van der Waals surface area contributed by atoms with Crippen LogP contribution in [0.2, 0.25) is 10.0 Å². The third-order valence-electron chi connectivity index (χ3n) is 2.23. The number of hydrogen-bond donors (Lipinski definition) is 1. The van der Waals surface area contributed by atoms with Gasteiger partial charge >= 0.3 is 0 Å². The highest BCUT2D eigenvalue weighted by atomic mass is 127. The van der Waals surface area contributed by atoms with Gasteiger partial charge in [-0.1, -0.05) is 30.1 Å². The van der Waals surface area contributed by atoms with Crippen LogP contribution in [0.25, 0.3) is 0 Å². The van der Waals surface area contributed by atoms with E-state index in [4.69, 9.17) is 23.2 Å². The second kappa shape index (κ2) is 6.07. The Labute approximate surface area is 119 Å². The van der Waals surface area contributed by atoms with E-state index in [0.717, 1.165) is 9.99 Å². The zero-order chi connectivity index (χ0) is 12.3. The number of nitrogens with one attached hydrogen (secondary N) is 1. The molecule has 5 heteroatoms. The first-order valence-electron chi connectivity index (χ1n) is 4.91. The lowest BCUT2D eigenvalue weighted by atomic mass is 10.2. The molecule has 1 N–H and O–H groups in total. The van der Waals surface area contributed by atoms with Crippen LogP contribution in [-0.4, -0.2) is 11.9 Å². The molecule has 0 aliphatic rings. The van der Waals surface area contributed by atoms with Crippen LogP contribution in [0.4, 0.5) is 0 Å². The van der Waals surface area contributed by atoms with E-state index in [1.807, 2.05) is 36.4 Å². The lowest BCUT2D eigenvalue weighted by molar-refractivity contribution is 0.0938. The number of rotatable bonds is 3. The lowest BCUT2D eigenvalue weighted by Crippen LogP contribution is -2.32. The molecular weight excluding hydrogens is 360 g/mol. The smallest absolute Gasteiger partial charge is 0.252 e. The van der Waals surface area contributed by atoms with Gasteiger partial charge in [0.25, 0.3) is 5.91 Å². The maximum absolute atomic E-state index is 11.9. The minimum Gasteiger partial charge on any atom is -0.350 e. The summed E-state index contributed by atoms with van der Waals surface area (Å²) in [5, 5.41) is 3.85. The monoisotopic (exact) mass is 371 g/mol. The van der Waals surface area contributed by atoms with Crippen LogP contribution in [0.3, 0.4) is 0 Å². The van der Waals surface area contributed by atoms with Crippen molar-refractivity contribution in [2.24, 2.45) is 0 Å². The van der Waals surface area contributed by atoms with Crippen LogP contribution in [0.1, 0.15) is 30.6 Å². The van der Waals surface area contributed by atoms with Crippen LogP contribution < -0.4 is 5.32 Å². The van der Waals surface area contributed by atoms with Gasteiger partial charge in [-0.2, -0.15) is 0 Å². The summed E-state index contributed by atoms with van der Waals surface area (Å²) in [5.74, 6) is -0.136. The second-order valence-corrected chi connectivity index (χ2v) is 5.45. The number of halogens is 3. The molecule has 1 aromatic rings. The Bertz CT molecular complexity index is 409. The fraction of sp³-hybridized carbons (Fsp3) is 0.364. The average Bonchev–Trinajstić information content (AvgIpc) is 2.22. The molecule has 1 amide bonds. The number of carbonyl (C=O) groups is 1. The quantitative estimate of drug-likeness (QED) is 0.628. The van der Waals surface area contributed by atoms with Gasteiger partial charge in [0.2, 0.25) is 0 Å². The zero-order valence-corrected chi connectivity index (χ0v) is 12.7. The molecule has 16 heavy (non-hydrogen) atoms. The molecule has 0 aromatic heterocycles. The van der Waals surface area contributed by atoms with Crippen molar-refractivity contribution in [3.8, 4) is 0 Å². The van der Waals surface area contributed by atoms with Crippen LogP contribution in [0.5, 0.6) is 0 Å². The fourth-order valence-electron chi connectivity index (χ4n) is 1.12. The first-order valence-corrected chi connectivity index (χ1v) is 6.74. The van der Waals surface area contributed by atoms with Crippen molar-refractivity contribution in [3.63, 3.8) is 0 Å². The van der Waals surface area contributed by atoms with E-state index in [9.17, 15) is 4.79 Å². The van der Waals surface area contributed by atoms with Crippen LogP contribution in [0.15, 0.2) is 12.1 Å². The lowest BCUT2D eigenvalue weighted by Gasteiger charge is -2.13. The van der Waals surface area contributed by atoms with Crippen molar-refractivity contribution in [1.29, 1.82) is 0 Å². The predicted octanol–water partition coefficient (Wildman–Crippen LogP) is 4.13. The molecule has 1 rings (SSSR count). The maximum atomic E-state index is 11.9. The van der Waals surface area contributed by atoms with Gasteiger partial charge in [0, 0.05) is 14.6 Å². The van der Waals surface area contributed by atoms with Crippen LogP contribution in [-0.2, 0) is 0 Å². The molecule has 0 fully saturated rings. The van der Waals surface area contributed by atoms with Gasteiger partial charge in [-0.05, 0) is 48.1 Å². The molecule has 0 aliphatic carbocycles. The van der Waals surface area contributed by atoms with Gasteiger partial charge in [-0.3, -0.25) is 4.79 Å². The highest BCUT2D eigenvalue weighted by Crippen LogP contribution is 2.26. The Hall–Kier alpha value is -0.000000000000000111. The minimum absolute atomic E-state index is 0.136. The largest absolute Gasteiger partial charge is 0.350 e. The highest BCUT2D eigenvalue weighted by Gasteiger charge is 2.15. The molecule has 0 spiro atoms. The predicted molar refractivity (Wildman–Crippen MR) is 76.4 cm³/mol. The van der Waals surface area contributed by atoms with Gasteiger partial charge in [0.1, 0.15) is 0 Å². The molecule has 0 aliphatic heterocycles. The molecular formula is C11H12Cl2INO. The van der Waals surface area contributed by atoms with Crippen LogP contribution in [0, 0.1) is 3.57 Å². The van der Waals surface area contributed by atoms with E-state index in [1.165, 1.54) is 0 Å². The molecule has 88 valence electrons. The van der Waals surface area contributed by atoms with E-state index in [2.05, 4.69) is 5.32 Å². The Morgan fingerprint density at radius 2 is 2.12 bits per heavy atom. The third kappa shape index (κ3) is 3.50. The summed E-state index contributed by atoms with van der Waals surface area (Å²) < 4.78 is 0.726. The van der Waals surface area contributed by atoms with Gasteiger partial charge in [0.15, 0.2) is 0 Å². The molecule has 0 radical (unpaired) electrons. The molecule has 0 bridgehead atoms. The highest BCUT2D eigenvalue weighted by molar-refractivity contribution is 14.1. The molecule has 2 nitrogen and oxygen atoms in total. The molecule has 0 unspecified atom stereocenters. The number of amides is 1. The molecule has 0 saturated heterocycles. The first kappa shape index (κ1) is 14.1. The van der Waals surface area contributed by atoms with E-state index in [-0.39, 0.29) is 11.9 Å². The van der Waals surface area contributed by atoms with E-state index >= 15 is 0 Å². The summed E-state index contributed by atoms with van der Waals surface area (Å²) in [4.78, 5) is 11.9. The molecule has 0 saturated carbocycles. The van der Waals surface area contributed by atoms with Crippen molar-refractivity contribution in [2.75, 3.05) is 0 Å². The standard InChI is InChI=1S/C11H12Cl2INO/c1-3-6(2)15-11(16)8-4-7(12)5-9(13)10(8)14/h4-6H,3H2,1-2H3,(H,15,16)/t6-/m0/s1. The topological polar surface area (TPSA) is 29.1 Å². The third-order valence-corrected chi connectivity index (χ3v) is 4.22. The first-order chi connectivity index (χ1) is 7.45. The fourth-order valence-corrected chi connectivity index (χ4v) is 2.17. The van der Waals surface area contributed by atoms with Crippen molar-refractivity contribution in [1.82, 2.24) is 5.32 Å². The van der Waals surface area contributed by atoms with Crippen molar-refractivity contribution >= 4 is 51.7 Å². The van der Waals surface area contributed by atoms with Gasteiger partial charge in [-0.25, -0.2) is 0 Å². The molecule has 1 atom stereocenters. The average molecular weight is 372 g/mol.